The molecular formula is C10H14BrNO3S2. The van der Waals surface area contributed by atoms with Crippen molar-refractivity contribution >= 4 is 37.3 Å². The summed E-state index contributed by atoms with van der Waals surface area (Å²) in [5, 5.41) is 0. The van der Waals surface area contributed by atoms with Crippen molar-refractivity contribution in [3.8, 4) is 0 Å². The van der Waals surface area contributed by atoms with Crippen LogP contribution in [0, 0.1) is 6.92 Å². The largest absolute Gasteiger partial charge is 0.376 e. The van der Waals surface area contributed by atoms with E-state index in [9.17, 15) is 8.42 Å². The predicted octanol–water partition coefficient (Wildman–Crippen LogP) is 2.23. The Morgan fingerprint density at radius 1 is 1.59 bits per heavy atom. The highest BCUT2D eigenvalue weighted by atomic mass is 79.9. The number of hydrogen-bond acceptors (Lipinski definition) is 4. The monoisotopic (exact) mass is 339 g/mol. The molecule has 1 atom stereocenters. The third kappa shape index (κ3) is 2.73. The average molecular weight is 340 g/mol. The summed E-state index contributed by atoms with van der Waals surface area (Å²) in [6.07, 6.45) is -0.0389. The van der Waals surface area contributed by atoms with Crippen molar-refractivity contribution in [2.45, 2.75) is 24.2 Å². The second-order valence-corrected chi connectivity index (χ2v) is 8.60. The summed E-state index contributed by atoms with van der Waals surface area (Å²) < 4.78 is 32.8. The second-order valence-electron chi connectivity index (χ2n) is 4.07. The molecule has 96 valence electrons. The number of rotatable bonds is 2. The maximum Gasteiger partial charge on any atom is 0.252 e. The lowest BCUT2D eigenvalue weighted by molar-refractivity contribution is 0.0102. The molecule has 4 nitrogen and oxygen atoms in total. The van der Waals surface area contributed by atoms with E-state index in [0.29, 0.717) is 23.9 Å². The number of halogens is 1. The van der Waals surface area contributed by atoms with Crippen LogP contribution in [-0.2, 0) is 14.8 Å². The highest BCUT2D eigenvalue weighted by molar-refractivity contribution is 9.11. The molecule has 0 N–H and O–H groups in total. The number of hydrogen-bond donors (Lipinski definition) is 0. The first kappa shape index (κ1) is 13.5. The Morgan fingerprint density at radius 3 is 2.82 bits per heavy atom. The van der Waals surface area contributed by atoms with Gasteiger partial charge in [-0.25, -0.2) is 8.42 Å². The molecule has 1 unspecified atom stereocenters. The minimum absolute atomic E-state index is 0.0389. The molecule has 0 bridgehead atoms. The van der Waals surface area contributed by atoms with Gasteiger partial charge in [0.25, 0.3) is 10.0 Å². The van der Waals surface area contributed by atoms with Crippen molar-refractivity contribution in [2.75, 3.05) is 19.7 Å². The van der Waals surface area contributed by atoms with Crippen LogP contribution >= 0.6 is 27.3 Å². The molecule has 1 saturated heterocycles. The number of nitrogens with zero attached hydrogens (tertiary/aromatic N) is 1. The first-order valence-electron chi connectivity index (χ1n) is 5.29. The van der Waals surface area contributed by atoms with Crippen LogP contribution in [0.5, 0.6) is 0 Å². The van der Waals surface area contributed by atoms with E-state index in [4.69, 9.17) is 4.74 Å². The Labute approximate surface area is 114 Å². The van der Waals surface area contributed by atoms with Crippen molar-refractivity contribution < 1.29 is 13.2 Å². The van der Waals surface area contributed by atoms with Gasteiger partial charge in [0.15, 0.2) is 0 Å². The molecule has 17 heavy (non-hydrogen) atoms. The molecule has 1 aliphatic rings. The Balaban J connectivity index is 2.29. The molecule has 1 aromatic rings. The molecule has 2 rings (SSSR count). The van der Waals surface area contributed by atoms with E-state index in [1.807, 2.05) is 13.8 Å². The first-order valence-corrected chi connectivity index (χ1v) is 8.34. The molecule has 0 aliphatic carbocycles. The van der Waals surface area contributed by atoms with Crippen LogP contribution in [0.2, 0.25) is 0 Å². The number of ether oxygens (including phenoxy) is 1. The standard InChI is InChI=1S/C10H14BrNO3S2/c1-7-5-9(16-10(7)11)17(13,14)12-3-4-15-8(2)6-12/h5,8H,3-4,6H2,1-2H3. The van der Waals surface area contributed by atoms with Crippen LogP contribution in [0.15, 0.2) is 14.1 Å². The fourth-order valence-electron chi connectivity index (χ4n) is 1.69. The zero-order valence-electron chi connectivity index (χ0n) is 9.64. The summed E-state index contributed by atoms with van der Waals surface area (Å²) in [5.74, 6) is 0. The molecule has 1 fully saturated rings. The normalized spacial score (nSPS) is 22.9. The van der Waals surface area contributed by atoms with Crippen LogP contribution in [0.4, 0.5) is 0 Å². The van der Waals surface area contributed by atoms with Crippen LogP contribution < -0.4 is 0 Å². The molecular weight excluding hydrogens is 326 g/mol. The molecule has 0 spiro atoms. The minimum Gasteiger partial charge on any atom is -0.376 e. The van der Waals surface area contributed by atoms with E-state index in [0.717, 1.165) is 9.35 Å². The number of aryl methyl sites for hydroxylation is 1. The highest BCUT2D eigenvalue weighted by Crippen LogP contribution is 2.32. The summed E-state index contributed by atoms with van der Waals surface area (Å²) in [7, 11) is -3.35. The SMILES string of the molecule is Cc1cc(S(=O)(=O)N2CCOC(C)C2)sc1Br. The maximum absolute atomic E-state index is 12.4. The third-order valence-corrected chi connectivity index (χ3v) is 7.08. The number of sulfonamides is 1. The Kier molecular flexibility index (Phi) is 3.94. The van der Waals surface area contributed by atoms with Gasteiger partial charge in [0, 0.05) is 13.1 Å². The maximum atomic E-state index is 12.4. The van der Waals surface area contributed by atoms with E-state index < -0.39 is 10.0 Å². The van der Waals surface area contributed by atoms with Gasteiger partial charge in [0.1, 0.15) is 4.21 Å². The van der Waals surface area contributed by atoms with Crippen LogP contribution in [0.1, 0.15) is 12.5 Å². The van der Waals surface area contributed by atoms with Crippen molar-refractivity contribution in [1.29, 1.82) is 0 Å². The highest BCUT2D eigenvalue weighted by Gasteiger charge is 2.30. The summed E-state index contributed by atoms with van der Waals surface area (Å²) in [6.45, 7) is 5.10. The van der Waals surface area contributed by atoms with Gasteiger partial charge in [-0.1, -0.05) is 0 Å². The number of morpholine rings is 1. The Hall–Kier alpha value is 0.0500. The van der Waals surface area contributed by atoms with Crippen molar-refractivity contribution in [1.82, 2.24) is 4.31 Å². The molecule has 1 aliphatic heterocycles. The van der Waals surface area contributed by atoms with E-state index in [-0.39, 0.29) is 6.10 Å². The quantitative estimate of drug-likeness (QED) is 0.829. The van der Waals surface area contributed by atoms with E-state index >= 15 is 0 Å². The van der Waals surface area contributed by atoms with Crippen LogP contribution in [-0.4, -0.2) is 38.5 Å². The molecule has 7 heteroatoms. The van der Waals surface area contributed by atoms with Crippen molar-refractivity contribution in [3.63, 3.8) is 0 Å². The van der Waals surface area contributed by atoms with E-state index in [1.54, 1.807) is 6.07 Å². The lowest BCUT2D eigenvalue weighted by Gasteiger charge is -2.29. The first-order chi connectivity index (χ1) is 7.91. The number of thiophene rings is 1. The van der Waals surface area contributed by atoms with Gasteiger partial charge in [0.05, 0.1) is 16.5 Å². The molecule has 0 amide bonds. The van der Waals surface area contributed by atoms with Gasteiger partial charge in [-0.05, 0) is 41.4 Å². The summed E-state index contributed by atoms with van der Waals surface area (Å²) >= 11 is 4.62. The topological polar surface area (TPSA) is 46.6 Å². The summed E-state index contributed by atoms with van der Waals surface area (Å²) in [4.78, 5) is 0. The van der Waals surface area contributed by atoms with Gasteiger partial charge in [-0.3, -0.25) is 0 Å². The lowest BCUT2D eigenvalue weighted by atomic mass is 10.3. The molecule has 0 radical (unpaired) electrons. The smallest absolute Gasteiger partial charge is 0.252 e. The minimum atomic E-state index is -3.35. The van der Waals surface area contributed by atoms with Crippen LogP contribution in [0.3, 0.4) is 0 Å². The van der Waals surface area contributed by atoms with Crippen molar-refractivity contribution in [2.24, 2.45) is 0 Å². The summed E-state index contributed by atoms with van der Waals surface area (Å²) in [5.41, 5.74) is 0.954. The molecule has 1 aromatic heterocycles. The second kappa shape index (κ2) is 4.97. The molecule has 0 aromatic carbocycles. The average Bonchev–Trinajstić information content (AvgIpc) is 2.60. The Bertz CT molecular complexity index is 492. The Morgan fingerprint density at radius 2 is 2.29 bits per heavy atom. The summed E-state index contributed by atoms with van der Waals surface area (Å²) in [6, 6.07) is 1.71. The van der Waals surface area contributed by atoms with E-state index in [2.05, 4.69) is 15.9 Å². The molecule has 2 heterocycles. The van der Waals surface area contributed by atoms with Crippen LogP contribution in [0.25, 0.3) is 0 Å². The predicted molar refractivity (Wildman–Crippen MR) is 70.9 cm³/mol. The van der Waals surface area contributed by atoms with E-state index in [1.165, 1.54) is 15.6 Å². The lowest BCUT2D eigenvalue weighted by Crippen LogP contribution is -2.44. The zero-order valence-corrected chi connectivity index (χ0v) is 12.9. The van der Waals surface area contributed by atoms with Gasteiger partial charge in [0.2, 0.25) is 0 Å². The van der Waals surface area contributed by atoms with Gasteiger partial charge in [-0.15, -0.1) is 11.3 Å². The fourth-order valence-corrected chi connectivity index (χ4v) is 5.57. The molecule has 0 saturated carbocycles. The third-order valence-electron chi connectivity index (χ3n) is 2.63. The zero-order chi connectivity index (χ0) is 12.6. The van der Waals surface area contributed by atoms with Gasteiger partial charge < -0.3 is 4.74 Å². The van der Waals surface area contributed by atoms with Crippen molar-refractivity contribution in [3.05, 3.63) is 15.4 Å². The van der Waals surface area contributed by atoms with Gasteiger partial charge >= 0.3 is 0 Å². The van der Waals surface area contributed by atoms with Gasteiger partial charge in [-0.2, -0.15) is 4.31 Å². The fraction of sp³-hybridized carbons (Fsp3) is 0.600.